The summed E-state index contributed by atoms with van der Waals surface area (Å²) in [6, 6.07) is 3.64. The molecule has 0 amide bonds. The summed E-state index contributed by atoms with van der Waals surface area (Å²) in [5.41, 5.74) is 0.938. The van der Waals surface area contributed by atoms with Crippen LogP contribution < -0.4 is 0 Å². The van der Waals surface area contributed by atoms with Gasteiger partial charge in [-0.05, 0) is 36.5 Å². The minimum atomic E-state index is -0.206. The molecule has 0 aliphatic heterocycles. The molecule has 0 bridgehead atoms. The summed E-state index contributed by atoms with van der Waals surface area (Å²) in [6.07, 6.45) is 3.34. The van der Waals surface area contributed by atoms with Crippen LogP contribution in [0.15, 0.2) is 24.5 Å². The maximum atomic E-state index is 11.3. The number of rotatable bonds is 3. The number of aromatic nitrogens is 1. The summed E-state index contributed by atoms with van der Waals surface area (Å²) >= 11 is 2.15. The van der Waals surface area contributed by atoms with Crippen LogP contribution in [0.25, 0.3) is 0 Å². The fraction of sp³-hybridized carbons (Fsp3) is 0.455. The van der Waals surface area contributed by atoms with Crippen molar-refractivity contribution in [2.45, 2.75) is 19.8 Å². The van der Waals surface area contributed by atoms with E-state index in [2.05, 4.69) is 27.6 Å². The standard InChI is InChI=1S/C10H13NO2.CH3I/c1-3-13-10(12)8(2)9-4-6-11-7-5-9;1-2/h4-8H,3H2,1-2H3;1H3. The second kappa shape index (κ2) is 8.64. The summed E-state index contributed by atoms with van der Waals surface area (Å²) in [5, 5.41) is 0. The van der Waals surface area contributed by atoms with Gasteiger partial charge in [-0.25, -0.2) is 0 Å². The summed E-state index contributed by atoms with van der Waals surface area (Å²) < 4.78 is 4.90. The van der Waals surface area contributed by atoms with Crippen molar-refractivity contribution in [3.05, 3.63) is 30.1 Å². The van der Waals surface area contributed by atoms with Crippen molar-refractivity contribution in [3.8, 4) is 0 Å². The molecule has 0 N–H and O–H groups in total. The zero-order valence-electron chi connectivity index (χ0n) is 9.24. The first-order valence-electron chi connectivity index (χ1n) is 4.70. The van der Waals surface area contributed by atoms with Gasteiger partial charge in [-0.3, -0.25) is 9.78 Å². The smallest absolute Gasteiger partial charge is 0.313 e. The monoisotopic (exact) mass is 321 g/mol. The van der Waals surface area contributed by atoms with Crippen LogP contribution in [0.1, 0.15) is 25.3 Å². The van der Waals surface area contributed by atoms with Crippen LogP contribution in [0.3, 0.4) is 0 Å². The number of halogens is 1. The fourth-order valence-corrected chi connectivity index (χ4v) is 1.06. The van der Waals surface area contributed by atoms with Crippen molar-refractivity contribution >= 4 is 28.6 Å². The quantitative estimate of drug-likeness (QED) is 0.488. The lowest BCUT2D eigenvalue weighted by molar-refractivity contribution is -0.144. The number of pyridine rings is 1. The molecule has 1 heterocycles. The van der Waals surface area contributed by atoms with Gasteiger partial charge in [0.05, 0.1) is 12.5 Å². The van der Waals surface area contributed by atoms with E-state index >= 15 is 0 Å². The Morgan fingerprint density at radius 2 is 2.00 bits per heavy atom. The van der Waals surface area contributed by atoms with E-state index in [-0.39, 0.29) is 11.9 Å². The Balaban J connectivity index is 0.000000921. The Morgan fingerprint density at radius 1 is 1.47 bits per heavy atom. The molecule has 0 spiro atoms. The van der Waals surface area contributed by atoms with E-state index in [1.807, 2.05) is 24.0 Å². The molecule has 0 aliphatic carbocycles. The summed E-state index contributed by atoms with van der Waals surface area (Å²) in [5.74, 6) is -0.392. The van der Waals surface area contributed by atoms with Gasteiger partial charge >= 0.3 is 5.97 Å². The maximum absolute atomic E-state index is 11.3. The van der Waals surface area contributed by atoms with Crippen molar-refractivity contribution in [2.24, 2.45) is 0 Å². The third kappa shape index (κ3) is 5.11. The van der Waals surface area contributed by atoms with Gasteiger partial charge in [0.2, 0.25) is 0 Å². The summed E-state index contributed by atoms with van der Waals surface area (Å²) in [7, 11) is 0. The number of alkyl halides is 1. The van der Waals surface area contributed by atoms with Gasteiger partial charge in [0, 0.05) is 12.4 Å². The van der Waals surface area contributed by atoms with Crippen LogP contribution in [-0.2, 0) is 9.53 Å². The van der Waals surface area contributed by atoms with Crippen molar-refractivity contribution in [2.75, 3.05) is 11.5 Å². The van der Waals surface area contributed by atoms with Gasteiger partial charge in [-0.2, -0.15) is 0 Å². The van der Waals surface area contributed by atoms with E-state index < -0.39 is 0 Å². The molecule has 15 heavy (non-hydrogen) atoms. The third-order valence-corrected chi connectivity index (χ3v) is 1.85. The normalized spacial score (nSPS) is 10.9. The van der Waals surface area contributed by atoms with Gasteiger partial charge in [0.1, 0.15) is 0 Å². The molecule has 84 valence electrons. The fourth-order valence-electron chi connectivity index (χ4n) is 1.06. The Hall–Kier alpha value is -0.650. The molecule has 0 saturated heterocycles. The zero-order valence-corrected chi connectivity index (χ0v) is 11.4. The lowest BCUT2D eigenvalue weighted by atomic mass is 10.0. The maximum Gasteiger partial charge on any atom is 0.313 e. The van der Waals surface area contributed by atoms with Gasteiger partial charge < -0.3 is 4.74 Å². The Morgan fingerprint density at radius 3 is 2.47 bits per heavy atom. The SMILES string of the molecule is CCOC(=O)C(C)c1ccncc1.CI. The van der Waals surface area contributed by atoms with Crippen LogP contribution in [0.4, 0.5) is 0 Å². The van der Waals surface area contributed by atoms with Crippen LogP contribution in [0.5, 0.6) is 0 Å². The number of nitrogens with zero attached hydrogens (tertiary/aromatic N) is 1. The largest absolute Gasteiger partial charge is 0.466 e. The second-order valence-electron chi connectivity index (χ2n) is 2.75. The van der Waals surface area contributed by atoms with Crippen LogP contribution in [0.2, 0.25) is 0 Å². The van der Waals surface area contributed by atoms with Crippen molar-refractivity contribution in [1.82, 2.24) is 4.98 Å². The van der Waals surface area contributed by atoms with E-state index in [9.17, 15) is 4.79 Å². The highest BCUT2D eigenvalue weighted by atomic mass is 127. The second-order valence-corrected chi connectivity index (χ2v) is 2.75. The molecule has 4 heteroatoms. The molecule has 1 unspecified atom stereocenters. The van der Waals surface area contributed by atoms with E-state index in [0.29, 0.717) is 6.61 Å². The highest BCUT2D eigenvalue weighted by Crippen LogP contribution is 2.14. The first-order valence-corrected chi connectivity index (χ1v) is 6.85. The predicted molar refractivity (Wildman–Crippen MR) is 69.2 cm³/mol. The van der Waals surface area contributed by atoms with Gasteiger partial charge in [0.15, 0.2) is 0 Å². The molecule has 0 radical (unpaired) electrons. The molecule has 1 aromatic heterocycles. The van der Waals surface area contributed by atoms with Gasteiger partial charge in [-0.1, -0.05) is 22.6 Å². The number of esters is 1. The highest BCUT2D eigenvalue weighted by Gasteiger charge is 2.15. The Bertz CT molecular complexity index is 277. The first-order chi connectivity index (χ1) is 7.25. The Kier molecular flexibility index (Phi) is 8.27. The number of ether oxygens (including phenoxy) is 1. The van der Waals surface area contributed by atoms with Gasteiger partial charge in [0.25, 0.3) is 0 Å². The molecule has 1 aromatic rings. The van der Waals surface area contributed by atoms with Crippen molar-refractivity contribution in [3.63, 3.8) is 0 Å². The van der Waals surface area contributed by atoms with E-state index in [1.54, 1.807) is 19.3 Å². The van der Waals surface area contributed by atoms with Crippen molar-refractivity contribution < 1.29 is 9.53 Å². The minimum Gasteiger partial charge on any atom is -0.466 e. The molecule has 0 saturated carbocycles. The first kappa shape index (κ1) is 14.3. The molecule has 0 aromatic carbocycles. The van der Waals surface area contributed by atoms with Crippen molar-refractivity contribution in [1.29, 1.82) is 0 Å². The lowest BCUT2D eigenvalue weighted by Gasteiger charge is -2.09. The van der Waals surface area contributed by atoms with E-state index in [4.69, 9.17) is 4.74 Å². The number of hydrogen-bond donors (Lipinski definition) is 0. The topological polar surface area (TPSA) is 39.2 Å². The van der Waals surface area contributed by atoms with Crippen LogP contribution in [-0.4, -0.2) is 22.5 Å². The van der Waals surface area contributed by atoms with Crippen LogP contribution in [0, 0.1) is 0 Å². The number of carbonyl (C=O) groups is 1. The number of hydrogen-bond acceptors (Lipinski definition) is 3. The van der Waals surface area contributed by atoms with Crippen LogP contribution >= 0.6 is 22.6 Å². The minimum absolute atomic E-state index is 0.186. The molecule has 1 rings (SSSR count). The zero-order chi connectivity index (χ0) is 11.7. The average Bonchev–Trinajstić information content (AvgIpc) is 2.32. The molecule has 0 fully saturated rings. The highest BCUT2D eigenvalue weighted by molar-refractivity contribution is 14.1. The summed E-state index contributed by atoms with van der Waals surface area (Å²) in [4.78, 5) is 17.2. The molecule has 1 atom stereocenters. The predicted octanol–water partition coefficient (Wildman–Crippen LogP) is 2.80. The van der Waals surface area contributed by atoms with E-state index in [0.717, 1.165) is 5.56 Å². The average molecular weight is 321 g/mol. The molecular weight excluding hydrogens is 305 g/mol. The van der Waals surface area contributed by atoms with E-state index in [1.165, 1.54) is 0 Å². The molecule has 0 aliphatic rings. The number of carbonyl (C=O) groups excluding carboxylic acids is 1. The molecule has 3 nitrogen and oxygen atoms in total. The molecular formula is C11H16INO2. The third-order valence-electron chi connectivity index (χ3n) is 1.85. The summed E-state index contributed by atoms with van der Waals surface area (Å²) in [6.45, 7) is 4.05. The lowest BCUT2D eigenvalue weighted by Crippen LogP contribution is -2.12. The van der Waals surface area contributed by atoms with Gasteiger partial charge in [-0.15, -0.1) is 0 Å². The Labute approximate surface area is 104 Å².